The molecule has 1 N–H and O–H groups in total. The van der Waals surface area contributed by atoms with E-state index in [1.54, 1.807) is 7.05 Å². The van der Waals surface area contributed by atoms with Crippen molar-refractivity contribution in [3.8, 4) is 0 Å². The lowest BCUT2D eigenvalue weighted by Gasteiger charge is -2.30. The number of hydrogen-bond acceptors (Lipinski definition) is 4. The molecule has 0 aromatic heterocycles. The van der Waals surface area contributed by atoms with Crippen molar-refractivity contribution in [2.24, 2.45) is 0 Å². The quantitative estimate of drug-likeness (QED) is 0.689. The van der Waals surface area contributed by atoms with E-state index < -0.39 is 0 Å². The summed E-state index contributed by atoms with van der Waals surface area (Å²) in [5.74, 6) is 0. The number of nitrogens with zero attached hydrogens (tertiary/aromatic N) is 1. The first-order chi connectivity index (χ1) is 6.75. The third kappa shape index (κ3) is 1.22. The van der Waals surface area contributed by atoms with Gasteiger partial charge in [0.25, 0.3) is 10.9 Å². The van der Waals surface area contributed by atoms with Crippen LogP contribution in [-0.2, 0) is 0 Å². The lowest BCUT2D eigenvalue weighted by atomic mass is 10.1. The molecule has 1 saturated heterocycles. The maximum Gasteiger partial charge on any atom is 0.253 e. The summed E-state index contributed by atoms with van der Waals surface area (Å²) >= 11 is 0. The second kappa shape index (κ2) is 3.44. The highest BCUT2D eigenvalue weighted by molar-refractivity contribution is 5.75. The average Bonchev–Trinajstić information content (AvgIpc) is 2.25. The van der Waals surface area contributed by atoms with E-state index in [4.69, 9.17) is 0 Å². The van der Waals surface area contributed by atoms with Crippen molar-refractivity contribution < 1.29 is 0 Å². The van der Waals surface area contributed by atoms with E-state index in [1.165, 1.54) is 6.42 Å². The Morgan fingerprint density at radius 1 is 1.07 bits per heavy atom. The molecule has 1 aromatic rings. The van der Waals surface area contributed by atoms with Crippen LogP contribution in [0.15, 0.2) is 9.59 Å². The van der Waals surface area contributed by atoms with Gasteiger partial charge >= 0.3 is 0 Å². The van der Waals surface area contributed by atoms with Crippen LogP contribution in [0.4, 0.5) is 11.4 Å². The van der Waals surface area contributed by atoms with Crippen LogP contribution < -0.4 is 21.1 Å². The standard InChI is InChI=1S/C10H14N2O2/c1-11-7-8(10(14)9(7)13)12-5-3-2-4-6-12/h11H,2-6H2,1H3. The van der Waals surface area contributed by atoms with E-state index in [0.717, 1.165) is 25.9 Å². The molecule has 1 aliphatic rings. The Labute approximate surface area is 82.2 Å². The zero-order chi connectivity index (χ0) is 10.1. The molecule has 0 atom stereocenters. The van der Waals surface area contributed by atoms with Crippen molar-refractivity contribution in [1.29, 1.82) is 0 Å². The summed E-state index contributed by atoms with van der Waals surface area (Å²) in [4.78, 5) is 24.5. The molecule has 14 heavy (non-hydrogen) atoms. The topological polar surface area (TPSA) is 49.4 Å². The highest BCUT2D eigenvalue weighted by Crippen LogP contribution is 2.22. The Bertz CT molecular complexity index is 398. The molecule has 1 aliphatic heterocycles. The summed E-state index contributed by atoms with van der Waals surface area (Å²) in [7, 11) is 1.68. The highest BCUT2D eigenvalue weighted by atomic mass is 16.2. The Kier molecular flexibility index (Phi) is 2.27. The first-order valence-corrected chi connectivity index (χ1v) is 5.01. The minimum Gasteiger partial charge on any atom is -0.383 e. The molecule has 0 radical (unpaired) electrons. The van der Waals surface area contributed by atoms with Crippen LogP contribution in [0, 0.1) is 0 Å². The largest absolute Gasteiger partial charge is 0.383 e. The molecule has 4 nitrogen and oxygen atoms in total. The summed E-state index contributed by atoms with van der Waals surface area (Å²) < 4.78 is 0. The van der Waals surface area contributed by atoms with Crippen LogP contribution in [0.1, 0.15) is 19.3 Å². The van der Waals surface area contributed by atoms with Crippen LogP contribution in [-0.4, -0.2) is 20.1 Å². The summed E-state index contributed by atoms with van der Waals surface area (Å²) in [6.45, 7) is 1.80. The molecule has 0 aliphatic carbocycles. The lowest BCUT2D eigenvalue weighted by molar-refractivity contribution is 0.576. The normalized spacial score (nSPS) is 17.4. The van der Waals surface area contributed by atoms with Gasteiger partial charge in [-0.3, -0.25) is 9.59 Å². The molecule has 1 aromatic carbocycles. The molecule has 1 heterocycles. The second-order valence-electron chi connectivity index (χ2n) is 3.68. The van der Waals surface area contributed by atoms with Crippen LogP contribution in [0.3, 0.4) is 0 Å². The Morgan fingerprint density at radius 3 is 2.29 bits per heavy atom. The molecule has 0 unspecified atom stereocenters. The molecular weight excluding hydrogens is 180 g/mol. The lowest BCUT2D eigenvalue weighted by Crippen LogP contribution is -2.44. The molecule has 4 heteroatoms. The second-order valence-corrected chi connectivity index (χ2v) is 3.68. The molecule has 0 saturated carbocycles. The number of hydrogen-bond donors (Lipinski definition) is 1. The summed E-state index contributed by atoms with van der Waals surface area (Å²) in [5, 5.41) is 2.80. The highest BCUT2D eigenvalue weighted by Gasteiger charge is 2.25. The van der Waals surface area contributed by atoms with Crippen LogP contribution in [0.2, 0.25) is 0 Å². The molecule has 1 fully saturated rings. The van der Waals surface area contributed by atoms with Gasteiger partial charge in [-0.25, -0.2) is 0 Å². The maximum atomic E-state index is 11.3. The zero-order valence-corrected chi connectivity index (χ0v) is 8.30. The molecule has 0 bridgehead atoms. The van der Waals surface area contributed by atoms with Gasteiger partial charge in [0.1, 0.15) is 11.4 Å². The number of rotatable bonds is 2. The van der Waals surface area contributed by atoms with Crippen molar-refractivity contribution >= 4 is 11.4 Å². The van der Waals surface area contributed by atoms with E-state index >= 15 is 0 Å². The van der Waals surface area contributed by atoms with Gasteiger partial charge in [-0.05, 0) is 19.3 Å². The van der Waals surface area contributed by atoms with E-state index in [9.17, 15) is 9.59 Å². The first-order valence-electron chi connectivity index (χ1n) is 5.01. The minimum atomic E-state index is -0.368. The summed E-state index contributed by atoms with van der Waals surface area (Å²) in [6, 6.07) is 0. The third-order valence-corrected chi connectivity index (χ3v) is 2.81. The monoisotopic (exact) mass is 194 g/mol. The van der Waals surface area contributed by atoms with Gasteiger partial charge in [0.2, 0.25) is 0 Å². The van der Waals surface area contributed by atoms with Gasteiger partial charge in [-0.1, -0.05) is 0 Å². The number of anilines is 2. The van der Waals surface area contributed by atoms with Crippen molar-refractivity contribution in [2.45, 2.75) is 19.3 Å². The van der Waals surface area contributed by atoms with Gasteiger partial charge in [0, 0.05) is 20.1 Å². The fraction of sp³-hybridized carbons (Fsp3) is 0.600. The number of nitrogens with one attached hydrogen (secondary N) is 1. The van der Waals surface area contributed by atoms with Gasteiger partial charge in [0.05, 0.1) is 0 Å². The van der Waals surface area contributed by atoms with Crippen molar-refractivity contribution in [3.63, 3.8) is 0 Å². The summed E-state index contributed by atoms with van der Waals surface area (Å²) in [6.07, 6.45) is 3.45. The van der Waals surface area contributed by atoms with Gasteiger partial charge in [-0.15, -0.1) is 0 Å². The Hall–Kier alpha value is -1.32. The smallest absolute Gasteiger partial charge is 0.253 e. The van der Waals surface area contributed by atoms with Gasteiger partial charge in [-0.2, -0.15) is 0 Å². The fourth-order valence-electron chi connectivity index (χ4n) is 2.03. The Morgan fingerprint density at radius 2 is 1.71 bits per heavy atom. The SMILES string of the molecule is CNc1c(N2CCCCC2)c(=O)c1=O. The molecule has 76 valence electrons. The fourth-order valence-corrected chi connectivity index (χ4v) is 2.03. The predicted octanol–water partition coefficient (Wildman–Crippen LogP) is 0.315. The maximum absolute atomic E-state index is 11.3. The molecule has 2 rings (SSSR count). The van der Waals surface area contributed by atoms with Gasteiger partial charge in [0.15, 0.2) is 0 Å². The Balaban J connectivity index is 2.27. The molecule has 0 amide bonds. The van der Waals surface area contributed by atoms with Crippen molar-refractivity contribution in [3.05, 3.63) is 20.4 Å². The van der Waals surface area contributed by atoms with Crippen molar-refractivity contribution in [1.82, 2.24) is 0 Å². The van der Waals surface area contributed by atoms with E-state index in [2.05, 4.69) is 5.32 Å². The van der Waals surface area contributed by atoms with E-state index in [1.807, 2.05) is 4.90 Å². The minimum absolute atomic E-state index is 0.323. The summed E-state index contributed by atoms with van der Waals surface area (Å²) in [5.41, 5.74) is 0.415. The molecule has 0 spiro atoms. The third-order valence-electron chi connectivity index (χ3n) is 2.81. The molecular formula is C10H14N2O2. The predicted molar refractivity (Wildman–Crippen MR) is 57.0 cm³/mol. The average molecular weight is 194 g/mol. The van der Waals surface area contributed by atoms with Crippen LogP contribution >= 0.6 is 0 Å². The zero-order valence-electron chi connectivity index (χ0n) is 8.30. The van der Waals surface area contributed by atoms with Crippen LogP contribution in [0.25, 0.3) is 0 Å². The first kappa shape index (κ1) is 9.24. The van der Waals surface area contributed by atoms with Crippen LogP contribution in [0.5, 0.6) is 0 Å². The van der Waals surface area contributed by atoms with E-state index in [0.29, 0.717) is 11.4 Å². The van der Waals surface area contributed by atoms with Gasteiger partial charge < -0.3 is 10.2 Å². The van der Waals surface area contributed by atoms with Crippen molar-refractivity contribution in [2.75, 3.05) is 30.4 Å². The number of piperidine rings is 1. The van der Waals surface area contributed by atoms with E-state index in [-0.39, 0.29) is 10.9 Å².